The van der Waals surface area contributed by atoms with Gasteiger partial charge in [-0.05, 0) is 5.56 Å². The molecular formula is C15H20ClNO3. The molecule has 1 rings (SSSR count). The second-order valence-corrected chi connectivity index (χ2v) is 5.09. The summed E-state index contributed by atoms with van der Waals surface area (Å²) in [6.07, 6.45) is 1.66. The van der Waals surface area contributed by atoms with E-state index in [9.17, 15) is 4.79 Å². The zero-order valence-corrected chi connectivity index (χ0v) is 12.1. The van der Waals surface area contributed by atoms with Gasteiger partial charge in [0.05, 0.1) is 25.1 Å². The molecule has 0 heterocycles. The maximum atomic E-state index is 10.7. The fraction of sp³-hybridized carbons (Fsp3) is 0.400. The fourth-order valence-corrected chi connectivity index (χ4v) is 2.07. The summed E-state index contributed by atoms with van der Waals surface area (Å²) in [5.41, 5.74) is 1.09. The Morgan fingerprint density at radius 2 is 2.15 bits per heavy atom. The summed E-state index contributed by atoms with van der Waals surface area (Å²) in [6.45, 7) is 5.39. The molecule has 0 saturated carbocycles. The van der Waals surface area contributed by atoms with E-state index in [-0.39, 0.29) is 11.9 Å². The number of ether oxygens (including phenoxy) is 1. The summed E-state index contributed by atoms with van der Waals surface area (Å²) in [7, 11) is 0. The zero-order chi connectivity index (χ0) is 14.8. The van der Waals surface area contributed by atoms with Crippen molar-refractivity contribution in [1.82, 2.24) is 4.90 Å². The summed E-state index contributed by atoms with van der Waals surface area (Å²) < 4.78 is 5.53. The quantitative estimate of drug-likeness (QED) is 0.532. The Hall–Kier alpha value is -1.36. The maximum Gasteiger partial charge on any atom is 0.317 e. The molecule has 1 atom stereocenters. The molecule has 1 N–H and O–H groups in total. The highest BCUT2D eigenvalue weighted by Crippen LogP contribution is 2.05. The number of benzene rings is 1. The van der Waals surface area contributed by atoms with E-state index >= 15 is 0 Å². The van der Waals surface area contributed by atoms with Gasteiger partial charge in [0, 0.05) is 13.1 Å². The van der Waals surface area contributed by atoms with Crippen molar-refractivity contribution in [1.29, 1.82) is 0 Å². The average molecular weight is 298 g/mol. The lowest BCUT2D eigenvalue weighted by atomic mass is 10.2. The van der Waals surface area contributed by atoms with Crippen molar-refractivity contribution in [2.24, 2.45) is 0 Å². The molecule has 4 nitrogen and oxygen atoms in total. The molecule has 1 aromatic carbocycles. The van der Waals surface area contributed by atoms with Gasteiger partial charge in [-0.3, -0.25) is 9.69 Å². The third-order valence-corrected chi connectivity index (χ3v) is 2.88. The molecule has 1 aromatic rings. The van der Waals surface area contributed by atoms with Gasteiger partial charge < -0.3 is 9.84 Å². The molecule has 0 amide bonds. The highest BCUT2D eigenvalue weighted by molar-refractivity contribution is 6.20. The number of nitrogens with zero attached hydrogens (tertiary/aromatic N) is 1. The third kappa shape index (κ3) is 7.28. The molecule has 0 aliphatic rings. The number of alkyl halides is 1. The van der Waals surface area contributed by atoms with Gasteiger partial charge in [0.1, 0.15) is 0 Å². The normalized spacial score (nSPS) is 12.3. The number of aliphatic carboxylic acids is 1. The van der Waals surface area contributed by atoms with E-state index in [1.165, 1.54) is 0 Å². The van der Waals surface area contributed by atoms with Crippen molar-refractivity contribution in [3.8, 4) is 0 Å². The minimum absolute atomic E-state index is 0.0477. The predicted molar refractivity (Wildman–Crippen MR) is 80.0 cm³/mol. The van der Waals surface area contributed by atoms with Gasteiger partial charge >= 0.3 is 5.97 Å². The van der Waals surface area contributed by atoms with E-state index in [1.54, 1.807) is 11.0 Å². The fourth-order valence-electron chi connectivity index (χ4n) is 1.79. The average Bonchev–Trinajstić information content (AvgIpc) is 2.39. The summed E-state index contributed by atoms with van der Waals surface area (Å²) in [6, 6.07) is 9.83. The van der Waals surface area contributed by atoms with Crippen molar-refractivity contribution in [2.75, 3.05) is 26.2 Å². The Bertz CT molecular complexity index is 411. The molecule has 0 fully saturated rings. The van der Waals surface area contributed by atoms with Crippen LogP contribution in [0.25, 0.3) is 0 Å². The minimum atomic E-state index is -0.874. The number of hydrogen-bond acceptors (Lipinski definition) is 3. The summed E-state index contributed by atoms with van der Waals surface area (Å²) >= 11 is 6.17. The lowest BCUT2D eigenvalue weighted by Crippen LogP contribution is -2.36. The topological polar surface area (TPSA) is 49.8 Å². The Morgan fingerprint density at radius 3 is 2.75 bits per heavy atom. The number of carboxylic acid groups (broad SMARTS) is 1. The number of carboxylic acids is 1. The van der Waals surface area contributed by atoms with Gasteiger partial charge in [0.2, 0.25) is 0 Å². The molecular weight excluding hydrogens is 278 g/mol. The largest absolute Gasteiger partial charge is 0.480 e. The molecule has 0 radical (unpaired) electrons. The first-order valence-electron chi connectivity index (χ1n) is 6.42. The Labute approximate surface area is 124 Å². The van der Waals surface area contributed by atoms with Crippen LogP contribution in [0.5, 0.6) is 0 Å². The Kier molecular flexibility index (Phi) is 7.95. The number of halogens is 1. The highest BCUT2D eigenvalue weighted by atomic mass is 35.5. The molecule has 20 heavy (non-hydrogen) atoms. The molecule has 0 aliphatic heterocycles. The van der Waals surface area contributed by atoms with Gasteiger partial charge in [-0.15, -0.1) is 18.2 Å². The standard InChI is InChI=1S/C15H20ClNO3/c1-2-8-17(10-15(18)19)9-14(16)12-20-11-13-6-4-3-5-7-13/h2-7,14H,1,8-12H2,(H,18,19)/t14-/m1/s1. The lowest BCUT2D eigenvalue weighted by Gasteiger charge is -2.21. The van der Waals surface area contributed by atoms with Crippen LogP contribution in [0.4, 0.5) is 0 Å². The predicted octanol–water partition coefficient (Wildman–Crippen LogP) is 2.38. The van der Waals surface area contributed by atoms with E-state index in [0.29, 0.717) is 26.3 Å². The molecule has 0 bridgehead atoms. The molecule has 0 aliphatic carbocycles. The van der Waals surface area contributed by atoms with Gasteiger partial charge in [-0.1, -0.05) is 36.4 Å². The summed E-state index contributed by atoms with van der Waals surface area (Å²) in [5, 5.41) is 8.55. The highest BCUT2D eigenvalue weighted by Gasteiger charge is 2.13. The molecule has 0 saturated heterocycles. The first-order chi connectivity index (χ1) is 9.61. The molecule has 0 unspecified atom stereocenters. The molecule has 5 heteroatoms. The first-order valence-corrected chi connectivity index (χ1v) is 6.86. The minimum Gasteiger partial charge on any atom is -0.480 e. The number of hydrogen-bond donors (Lipinski definition) is 1. The van der Waals surface area contributed by atoms with Crippen LogP contribution in [-0.4, -0.2) is 47.6 Å². The van der Waals surface area contributed by atoms with Gasteiger partial charge in [0.25, 0.3) is 0 Å². The molecule has 0 aromatic heterocycles. The van der Waals surface area contributed by atoms with Crippen LogP contribution < -0.4 is 0 Å². The van der Waals surface area contributed by atoms with E-state index in [1.807, 2.05) is 30.3 Å². The van der Waals surface area contributed by atoms with Crippen LogP contribution in [0.15, 0.2) is 43.0 Å². The second kappa shape index (κ2) is 9.53. The number of rotatable bonds is 10. The van der Waals surface area contributed by atoms with Crippen molar-refractivity contribution >= 4 is 17.6 Å². The van der Waals surface area contributed by atoms with Crippen LogP contribution in [0.2, 0.25) is 0 Å². The SMILES string of the molecule is C=CCN(CC(=O)O)C[C@@H](Cl)COCc1ccccc1. The van der Waals surface area contributed by atoms with Crippen LogP contribution >= 0.6 is 11.6 Å². The van der Waals surface area contributed by atoms with E-state index in [4.69, 9.17) is 21.4 Å². The summed E-state index contributed by atoms with van der Waals surface area (Å²) in [4.78, 5) is 12.4. The third-order valence-electron chi connectivity index (χ3n) is 2.61. The Balaban J connectivity index is 2.28. The van der Waals surface area contributed by atoms with Crippen molar-refractivity contribution in [3.05, 3.63) is 48.6 Å². The zero-order valence-electron chi connectivity index (χ0n) is 11.4. The monoisotopic (exact) mass is 297 g/mol. The van der Waals surface area contributed by atoms with E-state index in [2.05, 4.69) is 6.58 Å². The van der Waals surface area contributed by atoms with E-state index < -0.39 is 5.97 Å². The van der Waals surface area contributed by atoms with Gasteiger partial charge in [-0.2, -0.15) is 0 Å². The first kappa shape index (κ1) is 16.7. The van der Waals surface area contributed by atoms with Crippen LogP contribution in [0, 0.1) is 0 Å². The smallest absolute Gasteiger partial charge is 0.317 e. The Morgan fingerprint density at radius 1 is 1.45 bits per heavy atom. The van der Waals surface area contributed by atoms with Gasteiger partial charge in [0.15, 0.2) is 0 Å². The second-order valence-electron chi connectivity index (χ2n) is 4.47. The van der Waals surface area contributed by atoms with Crippen molar-refractivity contribution in [3.63, 3.8) is 0 Å². The van der Waals surface area contributed by atoms with Crippen LogP contribution in [0.3, 0.4) is 0 Å². The van der Waals surface area contributed by atoms with E-state index in [0.717, 1.165) is 5.56 Å². The molecule has 110 valence electrons. The van der Waals surface area contributed by atoms with Gasteiger partial charge in [-0.25, -0.2) is 0 Å². The molecule has 0 spiro atoms. The van der Waals surface area contributed by atoms with Crippen molar-refractivity contribution in [2.45, 2.75) is 12.0 Å². The van der Waals surface area contributed by atoms with Crippen molar-refractivity contribution < 1.29 is 14.6 Å². The van der Waals surface area contributed by atoms with Crippen LogP contribution in [-0.2, 0) is 16.1 Å². The van der Waals surface area contributed by atoms with Crippen LogP contribution in [0.1, 0.15) is 5.56 Å². The maximum absolute atomic E-state index is 10.7. The summed E-state index contributed by atoms with van der Waals surface area (Å²) in [5.74, 6) is -0.874. The lowest BCUT2D eigenvalue weighted by molar-refractivity contribution is -0.138. The number of carbonyl (C=O) groups is 1.